The van der Waals surface area contributed by atoms with E-state index in [0.29, 0.717) is 28.2 Å². The van der Waals surface area contributed by atoms with Gasteiger partial charge in [0.05, 0.1) is 7.11 Å². The molecule has 16 heavy (non-hydrogen) atoms. The summed E-state index contributed by atoms with van der Waals surface area (Å²) in [6, 6.07) is 3.68. The zero-order valence-electron chi connectivity index (χ0n) is 9.22. The second kappa shape index (κ2) is 5.15. The third kappa shape index (κ3) is 2.55. The van der Waals surface area contributed by atoms with Crippen molar-refractivity contribution < 1.29 is 9.13 Å². The lowest BCUT2D eigenvalue weighted by atomic mass is 10.0. The number of rotatable bonds is 3. The normalized spacial score (nSPS) is 20.1. The Morgan fingerprint density at radius 3 is 3.00 bits per heavy atom. The van der Waals surface area contributed by atoms with Gasteiger partial charge in [0.25, 0.3) is 0 Å². The molecule has 1 aromatic carbocycles. The van der Waals surface area contributed by atoms with Gasteiger partial charge in [0.1, 0.15) is 11.6 Å². The SMILES string of the molecule is COc1cc(Br)cc(F)c1CC1CCCN1. The van der Waals surface area contributed by atoms with Crippen LogP contribution in [0, 0.1) is 5.82 Å². The average molecular weight is 288 g/mol. The molecule has 88 valence electrons. The monoisotopic (exact) mass is 287 g/mol. The Labute approximate surface area is 103 Å². The molecule has 1 fully saturated rings. The van der Waals surface area contributed by atoms with Crippen LogP contribution >= 0.6 is 15.9 Å². The Morgan fingerprint density at radius 1 is 1.56 bits per heavy atom. The Morgan fingerprint density at radius 2 is 2.38 bits per heavy atom. The summed E-state index contributed by atoms with van der Waals surface area (Å²) < 4.78 is 19.7. The molecule has 4 heteroatoms. The van der Waals surface area contributed by atoms with E-state index in [2.05, 4.69) is 21.2 Å². The largest absolute Gasteiger partial charge is 0.496 e. The van der Waals surface area contributed by atoms with Crippen molar-refractivity contribution in [2.24, 2.45) is 0 Å². The van der Waals surface area contributed by atoms with E-state index in [-0.39, 0.29) is 5.82 Å². The number of nitrogens with one attached hydrogen (secondary N) is 1. The molecule has 2 rings (SSSR count). The number of hydrogen-bond donors (Lipinski definition) is 1. The van der Waals surface area contributed by atoms with Gasteiger partial charge in [0, 0.05) is 16.1 Å². The fraction of sp³-hybridized carbons (Fsp3) is 0.500. The maximum atomic E-state index is 13.8. The van der Waals surface area contributed by atoms with Crippen molar-refractivity contribution in [3.63, 3.8) is 0 Å². The Hall–Kier alpha value is -0.610. The van der Waals surface area contributed by atoms with Gasteiger partial charge in [-0.15, -0.1) is 0 Å². The van der Waals surface area contributed by atoms with Crippen molar-refractivity contribution in [3.05, 3.63) is 28.0 Å². The molecular weight excluding hydrogens is 273 g/mol. The van der Waals surface area contributed by atoms with E-state index in [1.165, 1.54) is 12.5 Å². The molecule has 0 radical (unpaired) electrons. The van der Waals surface area contributed by atoms with E-state index < -0.39 is 0 Å². The maximum Gasteiger partial charge on any atom is 0.131 e. The summed E-state index contributed by atoms with van der Waals surface area (Å²) in [6.07, 6.45) is 2.98. The van der Waals surface area contributed by atoms with E-state index in [1.807, 2.05) is 6.07 Å². The molecule has 0 amide bonds. The summed E-state index contributed by atoms with van der Waals surface area (Å²) >= 11 is 3.27. The van der Waals surface area contributed by atoms with Gasteiger partial charge in [0.15, 0.2) is 0 Å². The summed E-state index contributed by atoms with van der Waals surface area (Å²) in [5.74, 6) is 0.431. The highest BCUT2D eigenvalue weighted by molar-refractivity contribution is 9.10. The minimum Gasteiger partial charge on any atom is -0.496 e. The van der Waals surface area contributed by atoms with Crippen LogP contribution in [0.25, 0.3) is 0 Å². The van der Waals surface area contributed by atoms with Crippen LogP contribution in [0.3, 0.4) is 0 Å². The number of benzene rings is 1. The van der Waals surface area contributed by atoms with Crippen LogP contribution in [0.15, 0.2) is 16.6 Å². The molecule has 0 spiro atoms. The maximum absolute atomic E-state index is 13.8. The first-order valence-corrected chi connectivity index (χ1v) is 6.25. The molecule has 2 nitrogen and oxygen atoms in total. The summed E-state index contributed by atoms with van der Waals surface area (Å²) in [6.45, 7) is 1.03. The first-order valence-electron chi connectivity index (χ1n) is 5.46. The molecule has 1 heterocycles. The van der Waals surface area contributed by atoms with Gasteiger partial charge in [-0.3, -0.25) is 0 Å². The summed E-state index contributed by atoms with van der Waals surface area (Å²) in [5.41, 5.74) is 0.671. The number of methoxy groups -OCH3 is 1. The van der Waals surface area contributed by atoms with E-state index in [9.17, 15) is 4.39 Å². The minimum atomic E-state index is -0.195. The van der Waals surface area contributed by atoms with Crippen LogP contribution in [0.2, 0.25) is 0 Å². The standard InChI is InChI=1S/C12H15BrFNO/c1-16-12-6-8(13)5-11(14)10(12)7-9-3-2-4-15-9/h5-6,9,15H,2-4,7H2,1H3. The molecule has 0 saturated carbocycles. The summed E-state index contributed by atoms with van der Waals surface area (Å²) in [4.78, 5) is 0. The predicted octanol–water partition coefficient (Wildman–Crippen LogP) is 2.89. The Bertz CT molecular complexity index is 378. The van der Waals surface area contributed by atoms with Gasteiger partial charge in [-0.05, 0) is 37.9 Å². The quantitative estimate of drug-likeness (QED) is 0.923. The first-order chi connectivity index (χ1) is 7.70. The van der Waals surface area contributed by atoms with Crippen LogP contribution in [0.1, 0.15) is 18.4 Å². The van der Waals surface area contributed by atoms with Crippen LogP contribution in [0.4, 0.5) is 4.39 Å². The topological polar surface area (TPSA) is 21.3 Å². The van der Waals surface area contributed by atoms with Crippen LogP contribution in [-0.2, 0) is 6.42 Å². The van der Waals surface area contributed by atoms with Crippen LogP contribution < -0.4 is 10.1 Å². The molecule has 0 aromatic heterocycles. The number of ether oxygens (including phenoxy) is 1. The lowest BCUT2D eigenvalue weighted by Crippen LogP contribution is -2.24. The van der Waals surface area contributed by atoms with Crippen molar-refractivity contribution in [2.45, 2.75) is 25.3 Å². The highest BCUT2D eigenvalue weighted by Gasteiger charge is 2.19. The van der Waals surface area contributed by atoms with E-state index in [0.717, 1.165) is 13.0 Å². The molecule has 1 N–H and O–H groups in total. The zero-order valence-corrected chi connectivity index (χ0v) is 10.8. The van der Waals surface area contributed by atoms with Crippen molar-refractivity contribution >= 4 is 15.9 Å². The summed E-state index contributed by atoms with van der Waals surface area (Å²) in [5, 5.41) is 3.36. The summed E-state index contributed by atoms with van der Waals surface area (Å²) in [7, 11) is 1.58. The van der Waals surface area contributed by atoms with Crippen molar-refractivity contribution in [3.8, 4) is 5.75 Å². The van der Waals surface area contributed by atoms with Crippen molar-refractivity contribution in [1.29, 1.82) is 0 Å². The molecule has 1 aliphatic heterocycles. The molecule has 0 aliphatic carbocycles. The van der Waals surface area contributed by atoms with E-state index in [1.54, 1.807) is 7.11 Å². The van der Waals surface area contributed by atoms with Crippen LogP contribution in [-0.4, -0.2) is 19.7 Å². The van der Waals surface area contributed by atoms with Gasteiger partial charge in [-0.25, -0.2) is 4.39 Å². The molecule has 1 unspecified atom stereocenters. The number of halogens is 2. The van der Waals surface area contributed by atoms with Gasteiger partial charge in [0.2, 0.25) is 0 Å². The third-order valence-electron chi connectivity index (χ3n) is 2.95. The van der Waals surface area contributed by atoms with Gasteiger partial charge in [-0.2, -0.15) is 0 Å². The number of hydrogen-bond acceptors (Lipinski definition) is 2. The Kier molecular flexibility index (Phi) is 3.82. The Balaban J connectivity index is 2.23. The fourth-order valence-electron chi connectivity index (χ4n) is 2.14. The third-order valence-corrected chi connectivity index (χ3v) is 3.41. The van der Waals surface area contributed by atoms with Crippen molar-refractivity contribution in [1.82, 2.24) is 5.32 Å². The molecular formula is C12H15BrFNO. The van der Waals surface area contributed by atoms with E-state index in [4.69, 9.17) is 4.74 Å². The molecule has 1 saturated heterocycles. The molecule has 1 atom stereocenters. The highest BCUT2D eigenvalue weighted by Crippen LogP contribution is 2.28. The zero-order chi connectivity index (χ0) is 11.5. The smallest absolute Gasteiger partial charge is 0.131 e. The van der Waals surface area contributed by atoms with E-state index >= 15 is 0 Å². The second-order valence-corrected chi connectivity index (χ2v) is 4.98. The van der Waals surface area contributed by atoms with Crippen molar-refractivity contribution in [2.75, 3.05) is 13.7 Å². The van der Waals surface area contributed by atoms with Gasteiger partial charge < -0.3 is 10.1 Å². The minimum absolute atomic E-state index is 0.195. The molecule has 1 aliphatic rings. The second-order valence-electron chi connectivity index (χ2n) is 4.07. The lowest BCUT2D eigenvalue weighted by Gasteiger charge is -2.14. The predicted molar refractivity (Wildman–Crippen MR) is 65.4 cm³/mol. The van der Waals surface area contributed by atoms with Gasteiger partial charge >= 0.3 is 0 Å². The molecule has 0 bridgehead atoms. The highest BCUT2D eigenvalue weighted by atomic mass is 79.9. The van der Waals surface area contributed by atoms with Crippen LogP contribution in [0.5, 0.6) is 5.75 Å². The first kappa shape index (κ1) is 11.9. The average Bonchev–Trinajstić information content (AvgIpc) is 2.74. The lowest BCUT2D eigenvalue weighted by molar-refractivity contribution is 0.400. The van der Waals surface area contributed by atoms with Gasteiger partial charge in [-0.1, -0.05) is 15.9 Å². The fourth-order valence-corrected chi connectivity index (χ4v) is 2.55. The molecule has 1 aromatic rings.